The number of ether oxygens (including phenoxy) is 2. The smallest absolute Gasteiger partial charge is 0.336 e. The van der Waals surface area contributed by atoms with E-state index in [-0.39, 0.29) is 23.1 Å². The Morgan fingerprint density at radius 2 is 1.18 bits per heavy atom. The van der Waals surface area contributed by atoms with Gasteiger partial charge >= 0.3 is 11.9 Å². The van der Waals surface area contributed by atoms with Crippen LogP contribution in [-0.4, -0.2) is 23.5 Å². The Morgan fingerprint density at radius 3 is 1.55 bits per heavy atom. The van der Waals surface area contributed by atoms with Gasteiger partial charge in [0.15, 0.2) is 11.6 Å². The first-order chi connectivity index (χ1) is 10.4. The molecule has 0 atom stereocenters. The van der Waals surface area contributed by atoms with Gasteiger partial charge in [-0.2, -0.15) is 0 Å². The van der Waals surface area contributed by atoms with Crippen LogP contribution in [0.25, 0.3) is 0 Å². The number of hydrogen-bond donors (Lipinski definition) is 0. The Labute approximate surface area is 127 Å². The standard InChI is InChI=1S/C16H14O6/c1-11(17)6-8-15(19)21-13-4-3-5-14(10-13)22-16(20)9-7-12(2)18/h3-10H,1-2H3/b8-6+,9-7+. The molecule has 0 aliphatic heterocycles. The normalized spacial score (nSPS) is 10.6. The van der Waals surface area contributed by atoms with Crippen LogP contribution in [-0.2, 0) is 19.2 Å². The Morgan fingerprint density at radius 1 is 0.773 bits per heavy atom. The molecular weight excluding hydrogens is 288 g/mol. The second-order valence-electron chi connectivity index (χ2n) is 4.21. The molecule has 0 fully saturated rings. The number of allylic oxidation sites excluding steroid dienone is 2. The number of hydrogen-bond acceptors (Lipinski definition) is 6. The fraction of sp³-hybridized carbons (Fsp3) is 0.125. The minimum atomic E-state index is -0.727. The van der Waals surface area contributed by atoms with Gasteiger partial charge in [0, 0.05) is 18.2 Å². The van der Waals surface area contributed by atoms with E-state index in [2.05, 4.69) is 0 Å². The van der Waals surface area contributed by atoms with Crippen LogP contribution in [0.15, 0.2) is 48.6 Å². The molecule has 1 aromatic rings. The first-order valence-electron chi connectivity index (χ1n) is 6.28. The molecule has 1 aromatic carbocycles. The van der Waals surface area contributed by atoms with Gasteiger partial charge in [-0.3, -0.25) is 9.59 Å². The van der Waals surface area contributed by atoms with E-state index in [1.165, 1.54) is 38.1 Å². The first kappa shape index (κ1) is 17.0. The molecule has 0 unspecified atom stereocenters. The molecule has 1 rings (SSSR count). The third kappa shape index (κ3) is 6.95. The monoisotopic (exact) mass is 302 g/mol. The molecule has 0 aliphatic carbocycles. The summed E-state index contributed by atoms with van der Waals surface area (Å²) in [6, 6.07) is 5.83. The Hall–Kier alpha value is -3.02. The number of benzene rings is 1. The van der Waals surface area contributed by atoms with Crippen molar-refractivity contribution < 1.29 is 28.7 Å². The fourth-order valence-corrected chi connectivity index (χ4v) is 1.27. The quantitative estimate of drug-likeness (QED) is 0.452. The minimum Gasteiger partial charge on any atom is -0.423 e. The predicted octanol–water partition coefficient (Wildman–Crippen LogP) is 1.79. The van der Waals surface area contributed by atoms with Crippen LogP contribution < -0.4 is 9.47 Å². The molecule has 0 amide bonds. The van der Waals surface area contributed by atoms with E-state index in [1.54, 1.807) is 0 Å². The van der Waals surface area contributed by atoms with E-state index in [9.17, 15) is 19.2 Å². The molecule has 0 radical (unpaired) electrons. The van der Waals surface area contributed by atoms with Gasteiger partial charge in [0.2, 0.25) is 0 Å². The lowest BCUT2D eigenvalue weighted by Crippen LogP contribution is -2.06. The third-order valence-electron chi connectivity index (χ3n) is 2.15. The van der Waals surface area contributed by atoms with E-state index in [0.717, 1.165) is 24.3 Å². The van der Waals surface area contributed by atoms with Crippen molar-refractivity contribution in [1.29, 1.82) is 0 Å². The highest BCUT2D eigenvalue weighted by Crippen LogP contribution is 2.19. The molecule has 0 bridgehead atoms. The number of esters is 2. The molecule has 0 aliphatic rings. The van der Waals surface area contributed by atoms with Crippen LogP contribution in [0.2, 0.25) is 0 Å². The summed E-state index contributed by atoms with van der Waals surface area (Å²) < 4.78 is 9.89. The summed E-state index contributed by atoms with van der Waals surface area (Å²) in [5.74, 6) is -1.71. The molecule has 114 valence electrons. The highest BCUT2D eigenvalue weighted by molar-refractivity contribution is 5.95. The van der Waals surface area contributed by atoms with Crippen molar-refractivity contribution in [2.45, 2.75) is 13.8 Å². The molecule has 0 saturated heterocycles. The number of carbonyl (C=O) groups is 4. The maximum Gasteiger partial charge on any atom is 0.336 e. The van der Waals surface area contributed by atoms with E-state index in [4.69, 9.17) is 9.47 Å². The van der Waals surface area contributed by atoms with E-state index < -0.39 is 11.9 Å². The van der Waals surface area contributed by atoms with Crippen molar-refractivity contribution in [3.63, 3.8) is 0 Å². The van der Waals surface area contributed by atoms with E-state index in [0.29, 0.717) is 0 Å². The van der Waals surface area contributed by atoms with Crippen molar-refractivity contribution in [3.8, 4) is 11.5 Å². The summed E-state index contributed by atoms with van der Waals surface area (Å²) in [6.07, 6.45) is 4.16. The summed E-state index contributed by atoms with van der Waals surface area (Å²) in [7, 11) is 0. The third-order valence-corrected chi connectivity index (χ3v) is 2.15. The lowest BCUT2D eigenvalue weighted by atomic mass is 10.3. The second kappa shape index (κ2) is 8.31. The Kier molecular flexibility index (Phi) is 6.43. The van der Waals surface area contributed by atoms with Gasteiger partial charge in [-0.25, -0.2) is 9.59 Å². The number of rotatable bonds is 6. The lowest BCUT2D eigenvalue weighted by molar-refractivity contribution is -0.129. The van der Waals surface area contributed by atoms with Crippen LogP contribution in [0.4, 0.5) is 0 Å². The second-order valence-corrected chi connectivity index (χ2v) is 4.21. The number of carbonyl (C=O) groups excluding carboxylic acids is 4. The summed E-state index contributed by atoms with van der Waals surface area (Å²) >= 11 is 0. The van der Waals surface area contributed by atoms with Crippen molar-refractivity contribution in [3.05, 3.63) is 48.6 Å². The zero-order valence-corrected chi connectivity index (χ0v) is 12.1. The van der Waals surface area contributed by atoms with Gasteiger partial charge in [-0.1, -0.05) is 6.07 Å². The summed E-state index contributed by atoms with van der Waals surface area (Å²) in [6.45, 7) is 2.61. The molecule has 0 aromatic heterocycles. The molecule has 0 saturated carbocycles. The number of ketones is 2. The van der Waals surface area contributed by atoms with Gasteiger partial charge in [-0.15, -0.1) is 0 Å². The van der Waals surface area contributed by atoms with Crippen LogP contribution in [0, 0.1) is 0 Å². The maximum absolute atomic E-state index is 11.4. The van der Waals surface area contributed by atoms with E-state index >= 15 is 0 Å². The zero-order chi connectivity index (χ0) is 16.5. The fourth-order valence-electron chi connectivity index (χ4n) is 1.27. The van der Waals surface area contributed by atoms with Crippen LogP contribution in [0.1, 0.15) is 13.8 Å². The van der Waals surface area contributed by atoms with Gasteiger partial charge in [0.05, 0.1) is 0 Å². The molecular formula is C16H14O6. The van der Waals surface area contributed by atoms with Crippen LogP contribution in [0.5, 0.6) is 11.5 Å². The van der Waals surface area contributed by atoms with Gasteiger partial charge in [0.1, 0.15) is 11.5 Å². The predicted molar refractivity (Wildman–Crippen MR) is 77.4 cm³/mol. The minimum absolute atomic E-state index is 0.152. The van der Waals surface area contributed by atoms with Crippen molar-refractivity contribution in [2.24, 2.45) is 0 Å². The average Bonchev–Trinajstić information content (AvgIpc) is 2.43. The molecule has 22 heavy (non-hydrogen) atoms. The Bertz CT molecular complexity index is 601. The molecule has 6 heteroatoms. The van der Waals surface area contributed by atoms with Crippen LogP contribution >= 0.6 is 0 Å². The highest BCUT2D eigenvalue weighted by atomic mass is 16.5. The van der Waals surface area contributed by atoms with Gasteiger partial charge < -0.3 is 9.47 Å². The first-order valence-corrected chi connectivity index (χ1v) is 6.28. The largest absolute Gasteiger partial charge is 0.423 e. The van der Waals surface area contributed by atoms with Gasteiger partial charge in [0.25, 0.3) is 0 Å². The highest BCUT2D eigenvalue weighted by Gasteiger charge is 2.05. The van der Waals surface area contributed by atoms with E-state index in [1.807, 2.05) is 0 Å². The average molecular weight is 302 g/mol. The van der Waals surface area contributed by atoms with Crippen molar-refractivity contribution in [1.82, 2.24) is 0 Å². The summed E-state index contributed by atoms with van der Waals surface area (Å²) in [5, 5.41) is 0. The molecule has 0 heterocycles. The van der Waals surface area contributed by atoms with Crippen molar-refractivity contribution >= 4 is 23.5 Å². The molecule has 6 nitrogen and oxygen atoms in total. The lowest BCUT2D eigenvalue weighted by Gasteiger charge is -2.04. The summed E-state index contributed by atoms with van der Waals surface area (Å²) in [4.78, 5) is 44.2. The van der Waals surface area contributed by atoms with Gasteiger partial charge in [-0.05, 0) is 38.1 Å². The zero-order valence-electron chi connectivity index (χ0n) is 12.1. The SMILES string of the molecule is CC(=O)/C=C/C(=O)Oc1cccc(OC(=O)/C=C/C(C)=O)c1. The van der Waals surface area contributed by atoms with Crippen molar-refractivity contribution in [2.75, 3.05) is 0 Å². The maximum atomic E-state index is 11.4. The Balaban J connectivity index is 2.70. The molecule has 0 spiro atoms. The topological polar surface area (TPSA) is 86.7 Å². The molecule has 0 N–H and O–H groups in total. The summed E-state index contributed by atoms with van der Waals surface area (Å²) in [5.41, 5.74) is 0. The van der Waals surface area contributed by atoms with Crippen LogP contribution in [0.3, 0.4) is 0 Å².